The fourth-order valence-electron chi connectivity index (χ4n) is 4.92. The Bertz CT molecular complexity index is 1180. The normalized spacial score (nSPS) is 23.7. The van der Waals surface area contributed by atoms with E-state index in [1.54, 1.807) is 13.3 Å². The number of fused-ring (bicyclic) bond motifs is 1. The topological polar surface area (TPSA) is 115 Å². The molecular formula is C28H41N8O+. The fraction of sp³-hybridized carbons (Fsp3) is 0.536. The van der Waals surface area contributed by atoms with Crippen molar-refractivity contribution in [1.82, 2.24) is 15.1 Å². The molecule has 0 bridgehead atoms. The predicted molar refractivity (Wildman–Crippen MR) is 150 cm³/mol. The van der Waals surface area contributed by atoms with Gasteiger partial charge in [-0.05, 0) is 56.0 Å². The third-order valence-electron chi connectivity index (χ3n) is 7.23. The number of aliphatic imine (C=N–C) groups is 2. The average Bonchev–Trinajstić information content (AvgIpc) is 2.83. The number of dihydropyridines is 1. The van der Waals surface area contributed by atoms with Gasteiger partial charge in [0.05, 0.1) is 23.1 Å². The molecule has 9 nitrogen and oxygen atoms in total. The molecule has 3 aliphatic heterocycles. The summed E-state index contributed by atoms with van der Waals surface area (Å²) in [4.78, 5) is 15.6. The SMILES string of the molecule is COC1(C)CN(CCC[NH+]=CC(C2=CN=C3C=CC(Nc4cc(C(C)C)cnn4)=NC3(C)C2)=C(C)N)C1. The van der Waals surface area contributed by atoms with Crippen molar-refractivity contribution in [3.63, 3.8) is 0 Å². The smallest absolute Gasteiger partial charge is 0.171 e. The minimum Gasteiger partial charge on any atom is -0.402 e. The van der Waals surface area contributed by atoms with Crippen LogP contribution in [0.4, 0.5) is 5.82 Å². The maximum atomic E-state index is 6.31. The van der Waals surface area contributed by atoms with Crippen LogP contribution in [0.15, 0.2) is 57.4 Å². The van der Waals surface area contributed by atoms with E-state index < -0.39 is 5.54 Å². The van der Waals surface area contributed by atoms with Crippen molar-refractivity contribution < 1.29 is 9.73 Å². The van der Waals surface area contributed by atoms with Gasteiger partial charge in [-0.1, -0.05) is 13.8 Å². The molecule has 1 aromatic heterocycles. The van der Waals surface area contributed by atoms with Gasteiger partial charge in [0.2, 0.25) is 0 Å². The van der Waals surface area contributed by atoms with Crippen molar-refractivity contribution in [3.05, 3.63) is 53.0 Å². The molecule has 9 heteroatoms. The third kappa shape index (κ3) is 6.40. The summed E-state index contributed by atoms with van der Waals surface area (Å²) in [6, 6.07) is 2.02. The number of hydrogen-bond acceptors (Lipinski definition) is 8. The van der Waals surface area contributed by atoms with Crippen LogP contribution in [0.25, 0.3) is 0 Å². The Morgan fingerprint density at radius 2 is 2.08 bits per heavy atom. The van der Waals surface area contributed by atoms with E-state index in [4.69, 9.17) is 20.5 Å². The maximum absolute atomic E-state index is 6.31. The van der Waals surface area contributed by atoms with E-state index >= 15 is 0 Å². The Kier molecular flexibility index (Phi) is 8.04. The molecule has 0 amide bonds. The Morgan fingerprint density at radius 3 is 2.78 bits per heavy atom. The summed E-state index contributed by atoms with van der Waals surface area (Å²) in [7, 11) is 1.79. The van der Waals surface area contributed by atoms with Crippen molar-refractivity contribution >= 4 is 23.6 Å². The number of ether oxygens (including phenoxy) is 1. The number of nitrogens with zero attached hydrogens (tertiary/aromatic N) is 5. The van der Waals surface area contributed by atoms with Gasteiger partial charge in [-0.2, -0.15) is 5.10 Å². The summed E-state index contributed by atoms with van der Waals surface area (Å²) in [5, 5.41) is 11.7. The van der Waals surface area contributed by atoms with Gasteiger partial charge in [-0.3, -0.25) is 14.9 Å². The van der Waals surface area contributed by atoms with Crippen molar-refractivity contribution in [2.24, 2.45) is 15.7 Å². The number of likely N-dealkylation sites (tertiary alicyclic amines) is 1. The molecule has 0 aliphatic carbocycles. The summed E-state index contributed by atoms with van der Waals surface area (Å²) >= 11 is 0. The van der Waals surface area contributed by atoms with Gasteiger partial charge in [0, 0.05) is 51.5 Å². The number of anilines is 1. The molecule has 1 unspecified atom stereocenters. The summed E-state index contributed by atoms with van der Waals surface area (Å²) in [6.07, 6.45) is 11.5. The minimum atomic E-state index is -0.496. The van der Waals surface area contributed by atoms with Crippen molar-refractivity contribution in [2.45, 2.75) is 64.5 Å². The number of rotatable bonds is 9. The first-order chi connectivity index (χ1) is 17.6. The standard InChI is InChI=1S/C28H40N8O/c1-19(2)21-12-26(35-32-15-21)33-25-9-8-24-28(5,34-25)13-22(14-31-24)23(20(3)29)16-30-10-7-11-36-17-27(4,18-36)37-6/h8-9,12,14-16,19H,7,10-11,13,17-18,29H2,1-6H3,(H,33,34,35)/p+1. The Labute approximate surface area is 220 Å². The highest BCUT2D eigenvalue weighted by Gasteiger charge is 2.38. The summed E-state index contributed by atoms with van der Waals surface area (Å²) in [6.45, 7) is 14.4. The van der Waals surface area contributed by atoms with Crippen LogP contribution >= 0.6 is 0 Å². The van der Waals surface area contributed by atoms with E-state index in [0.29, 0.717) is 18.2 Å². The highest BCUT2D eigenvalue weighted by atomic mass is 16.5. The largest absolute Gasteiger partial charge is 0.402 e. The van der Waals surface area contributed by atoms with Crippen LogP contribution in [-0.2, 0) is 4.74 Å². The van der Waals surface area contributed by atoms with Gasteiger partial charge in [0.1, 0.15) is 17.9 Å². The van der Waals surface area contributed by atoms with Gasteiger partial charge in [-0.15, -0.1) is 5.10 Å². The highest BCUT2D eigenvalue weighted by Crippen LogP contribution is 2.33. The molecule has 0 spiro atoms. The molecule has 0 radical (unpaired) electrons. The molecule has 4 rings (SSSR count). The molecule has 0 aromatic carbocycles. The third-order valence-corrected chi connectivity index (χ3v) is 7.23. The zero-order valence-electron chi connectivity index (χ0n) is 23.0. The maximum Gasteiger partial charge on any atom is 0.171 e. The Hall–Kier alpha value is -3.17. The van der Waals surface area contributed by atoms with Crippen molar-refractivity contribution in [3.8, 4) is 0 Å². The molecule has 1 aromatic rings. The number of nitrogens with one attached hydrogen (secondary N) is 2. The summed E-state index contributed by atoms with van der Waals surface area (Å²) in [5.41, 5.74) is 10.7. The second-order valence-electron chi connectivity index (χ2n) is 11.0. The van der Waals surface area contributed by atoms with Crippen LogP contribution in [0.5, 0.6) is 0 Å². The zero-order valence-corrected chi connectivity index (χ0v) is 23.0. The first-order valence-corrected chi connectivity index (χ1v) is 13.1. The van der Waals surface area contributed by atoms with E-state index in [-0.39, 0.29) is 5.60 Å². The van der Waals surface area contributed by atoms with Gasteiger partial charge in [0.15, 0.2) is 12.0 Å². The molecule has 37 heavy (non-hydrogen) atoms. The monoisotopic (exact) mass is 505 g/mol. The van der Waals surface area contributed by atoms with Crippen LogP contribution in [0.1, 0.15) is 58.9 Å². The van der Waals surface area contributed by atoms with Crippen LogP contribution < -0.4 is 16.0 Å². The predicted octanol–water partition coefficient (Wildman–Crippen LogP) is 1.96. The molecule has 4 N–H and O–H groups in total. The second kappa shape index (κ2) is 11.1. The number of allylic oxidation sites excluding steroid dienone is 2. The fourth-order valence-corrected chi connectivity index (χ4v) is 4.92. The van der Waals surface area contributed by atoms with E-state index in [9.17, 15) is 0 Å². The number of amidine groups is 1. The van der Waals surface area contributed by atoms with E-state index in [2.05, 4.69) is 53.1 Å². The Balaban J connectivity index is 1.39. The van der Waals surface area contributed by atoms with E-state index in [0.717, 1.165) is 66.6 Å². The average molecular weight is 506 g/mol. The molecule has 0 saturated carbocycles. The lowest BCUT2D eigenvalue weighted by Crippen LogP contribution is -2.70. The van der Waals surface area contributed by atoms with E-state index in [1.807, 2.05) is 37.6 Å². The van der Waals surface area contributed by atoms with Crippen LogP contribution in [0.2, 0.25) is 0 Å². The first-order valence-electron chi connectivity index (χ1n) is 13.1. The van der Waals surface area contributed by atoms with Gasteiger partial charge in [-0.25, -0.2) is 4.99 Å². The van der Waals surface area contributed by atoms with Crippen molar-refractivity contribution in [2.75, 3.05) is 38.6 Å². The molecule has 1 atom stereocenters. The zero-order chi connectivity index (χ0) is 26.6. The van der Waals surface area contributed by atoms with Crippen LogP contribution in [0, 0.1) is 0 Å². The van der Waals surface area contributed by atoms with Crippen LogP contribution in [-0.4, -0.2) is 77.3 Å². The van der Waals surface area contributed by atoms with Gasteiger partial charge >= 0.3 is 0 Å². The molecule has 1 saturated heterocycles. The molecular weight excluding hydrogens is 464 g/mol. The highest BCUT2D eigenvalue weighted by molar-refractivity contribution is 6.16. The van der Waals surface area contributed by atoms with Crippen molar-refractivity contribution in [1.29, 1.82) is 0 Å². The Morgan fingerprint density at radius 1 is 1.30 bits per heavy atom. The summed E-state index contributed by atoms with van der Waals surface area (Å²) < 4.78 is 5.53. The lowest BCUT2D eigenvalue weighted by Gasteiger charge is -2.46. The molecule has 3 aliphatic rings. The minimum absolute atomic E-state index is 0.0206. The number of nitrogens with two attached hydrogens (primary N) is 1. The lowest BCUT2D eigenvalue weighted by atomic mass is 9.82. The lowest BCUT2D eigenvalue weighted by molar-refractivity contribution is -0.452. The summed E-state index contributed by atoms with van der Waals surface area (Å²) in [5.74, 6) is 1.80. The van der Waals surface area contributed by atoms with E-state index in [1.165, 1.54) is 0 Å². The van der Waals surface area contributed by atoms with Crippen LogP contribution in [0.3, 0.4) is 0 Å². The quantitative estimate of drug-likeness (QED) is 0.349. The molecule has 198 valence electrons. The second-order valence-corrected chi connectivity index (χ2v) is 11.0. The van der Waals surface area contributed by atoms with Gasteiger partial charge in [0.25, 0.3) is 0 Å². The molecule has 4 heterocycles. The molecule has 1 fully saturated rings. The number of methoxy groups -OCH3 is 1. The number of aromatic nitrogens is 2. The van der Waals surface area contributed by atoms with Gasteiger partial charge < -0.3 is 15.8 Å². The first kappa shape index (κ1) is 26.9. The number of hydrogen-bond donors (Lipinski definition) is 3.